The lowest BCUT2D eigenvalue weighted by Crippen LogP contribution is -2.39. The van der Waals surface area contributed by atoms with Crippen LogP contribution in [-0.4, -0.2) is 49.2 Å². The first-order valence-corrected chi connectivity index (χ1v) is 6.18. The molecule has 2 N–H and O–H groups in total. The fraction of sp³-hybridized carbons (Fsp3) is 0.400. The number of hydrogen-bond acceptors (Lipinski definition) is 3. The van der Waals surface area contributed by atoms with Crippen LogP contribution in [0.15, 0.2) is 24.3 Å². The molecule has 102 valence electrons. The molecule has 1 aromatic carbocycles. The van der Waals surface area contributed by atoms with Gasteiger partial charge in [0.05, 0.1) is 0 Å². The summed E-state index contributed by atoms with van der Waals surface area (Å²) in [6, 6.07) is 7.15. The van der Waals surface area contributed by atoms with Crippen LogP contribution in [0.3, 0.4) is 0 Å². The van der Waals surface area contributed by atoms with Crippen LogP contribution in [0.25, 0.3) is 0 Å². The van der Waals surface area contributed by atoms with Crippen LogP contribution in [0.1, 0.15) is 22.8 Å². The summed E-state index contributed by atoms with van der Waals surface area (Å²) in [6.45, 7) is 2.57. The van der Waals surface area contributed by atoms with E-state index in [2.05, 4.69) is 17.2 Å². The number of benzene rings is 1. The Morgan fingerprint density at radius 2 is 2.21 bits per heavy atom. The van der Waals surface area contributed by atoms with Gasteiger partial charge in [0.15, 0.2) is 0 Å². The first-order chi connectivity index (χ1) is 9.02. The van der Waals surface area contributed by atoms with Gasteiger partial charge >= 0.3 is 0 Å². The molecule has 0 saturated carbocycles. The summed E-state index contributed by atoms with van der Waals surface area (Å²) < 4.78 is 0. The van der Waals surface area contributed by atoms with E-state index in [1.54, 1.807) is 18.2 Å². The molecule has 1 unspecified atom stereocenters. The number of amides is 1. The Hall–Kier alpha value is -1.83. The van der Waals surface area contributed by atoms with E-state index >= 15 is 0 Å². The van der Waals surface area contributed by atoms with Crippen molar-refractivity contribution in [2.45, 2.75) is 13.0 Å². The monoisotopic (exact) mass is 260 g/mol. The third-order valence-electron chi connectivity index (χ3n) is 2.45. The van der Waals surface area contributed by atoms with Gasteiger partial charge in [-0.05, 0) is 39.2 Å². The molecule has 0 aliphatic carbocycles. The summed E-state index contributed by atoms with van der Waals surface area (Å²) in [5, 5.41) is 11.6. The first kappa shape index (κ1) is 15.2. The molecule has 0 fully saturated rings. The fourth-order valence-corrected chi connectivity index (χ4v) is 1.78. The highest BCUT2D eigenvalue weighted by Gasteiger charge is 2.10. The van der Waals surface area contributed by atoms with Crippen molar-refractivity contribution in [1.29, 1.82) is 0 Å². The average molecular weight is 260 g/mol. The molecule has 1 aromatic rings. The Balaban J connectivity index is 2.71. The molecule has 19 heavy (non-hydrogen) atoms. The molecule has 1 amide bonds. The highest BCUT2D eigenvalue weighted by atomic mass is 16.2. The standard InChI is InChI=1S/C15H20N2O2/c1-12(11-17(2)3)16-15(19)14-8-4-6-13(10-14)7-5-9-18/h4,6,8,10,12,18H,9,11H2,1-3H3,(H,16,19). The van der Waals surface area contributed by atoms with Crippen molar-refractivity contribution in [3.8, 4) is 11.8 Å². The van der Waals surface area contributed by atoms with Crippen molar-refractivity contribution in [2.75, 3.05) is 27.2 Å². The van der Waals surface area contributed by atoms with Gasteiger partial charge in [0.25, 0.3) is 5.91 Å². The number of aliphatic hydroxyl groups is 1. The Bertz CT molecular complexity index is 486. The Kier molecular flexibility index (Phi) is 6.07. The molecular weight excluding hydrogens is 240 g/mol. The molecule has 0 heterocycles. The van der Waals surface area contributed by atoms with E-state index in [0.29, 0.717) is 5.56 Å². The van der Waals surface area contributed by atoms with Gasteiger partial charge in [-0.2, -0.15) is 0 Å². The van der Waals surface area contributed by atoms with Gasteiger partial charge in [-0.1, -0.05) is 17.9 Å². The molecule has 0 aliphatic heterocycles. The molecule has 0 aliphatic rings. The lowest BCUT2D eigenvalue weighted by Gasteiger charge is -2.18. The maximum Gasteiger partial charge on any atom is 0.251 e. The SMILES string of the molecule is CC(CN(C)C)NC(=O)c1cccc(C#CCO)c1. The van der Waals surface area contributed by atoms with E-state index in [4.69, 9.17) is 5.11 Å². The van der Waals surface area contributed by atoms with E-state index in [0.717, 1.165) is 12.1 Å². The zero-order valence-corrected chi connectivity index (χ0v) is 11.6. The van der Waals surface area contributed by atoms with Crippen LogP contribution in [0.4, 0.5) is 0 Å². The summed E-state index contributed by atoms with van der Waals surface area (Å²) >= 11 is 0. The number of carbonyl (C=O) groups excluding carboxylic acids is 1. The van der Waals surface area contributed by atoms with E-state index < -0.39 is 0 Å². The van der Waals surface area contributed by atoms with Gasteiger partial charge in [0, 0.05) is 23.7 Å². The van der Waals surface area contributed by atoms with Gasteiger partial charge in [-0.3, -0.25) is 4.79 Å². The molecule has 0 radical (unpaired) electrons. The van der Waals surface area contributed by atoms with Crippen LogP contribution in [0.5, 0.6) is 0 Å². The van der Waals surface area contributed by atoms with Gasteiger partial charge in [-0.15, -0.1) is 0 Å². The molecule has 4 heteroatoms. The number of aliphatic hydroxyl groups excluding tert-OH is 1. The van der Waals surface area contributed by atoms with Crippen molar-refractivity contribution in [3.63, 3.8) is 0 Å². The molecular formula is C15H20N2O2. The number of nitrogens with zero attached hydrogens (tertiary/aromatic N) is 1. The third-order valence-corrected chi connectivity index (χ3v) is 2.45. The van der Waals surface area contributed by atoms with Crippen LogP contribution in [0, 0.1) is 11.8 Å². The van der Waals surface area contributed by atoms with E-state index in [-0.39, 0.29) is 18.6 Å². The Morgan fingerprint density at radius 1 is 1.47 bits per heavy atom. The third kappa shape index (κ3) is 5.56. The quantitative estimate of drug-likeness (QED) is 0.784. The highest BCUT2D eigenvalue weighted by Crippen LogP contribution is 2.04. The average Bonchev–Trinajstić information content (AvgIpc) is 2.35. The number of hydrogen-bond donors (Lipinski definition) is 2. The summed E-state index contributed by atoms with van der Waals surface area (Å²) in [4.78, 5) is 14.1. The summed E-state index contributed by atoms with van der Waals surface area (Å²) in [6.07, 6.45) is 0. The predicted molar refractivity (Wildman–Crippen MR) is 75.9 cm³/mol. The minimum absolute atomic E-state index is 0.0784. The maximum atomic E-state index is 12.0. The van der Waals surface area contributed by atoms with Crippen LogP contribution >= 0.6 is 0 Å². The van der Waals surface area contributed by atoms with Crippen molar-refractivity contribution in [1.82, 2.24) is 10.2 Å². The van der Waals surface area contributed by atoms with Crippen molar-refractivity contribution in [3.05, 3.63) is 35.4 Å². The van der Waals surface area contributed by atoms with Crippen LogP contribution in [-0.2, 0) is 0 Å². The fourth-order valence-electron chi connectivity index (χ4n) is 1.78. The highest BCUT2D eigenvalue weighted by molar-refractivity contribution is 5.94. The summed E-state index contributed by atoms with van der Waals surface area (Å²) in [5.41, 5.74) is 1.30. The molecule has 0 spiro atoms. The van der Waals surface area contributed by atoms with Gasteiger partial charge in [0.2, 0.25) is 0 Å². The molecule has 4 nitrogen and oxygen atoms in total. The summed E-state index contributed by atoms with van der Waals surface area (Å²) in [5.74, 6) is 5.24. The van der Waals surface area contributed by atoms with Crippen LogP contribution < -0.4 is 5.32 Å². The number of likely N-dealkylation sites (N-methyl/N-ethyl adjacent to an activating group) is 1. The van der Waals surface area contributed by atoms with Gasteiger partial charge in [0.1, 0.15) is 6.61 Å². The zero-order valence-electron chi connectivity index (χ0n) is 11.6. The van der Waals surface area contributed by atoms with Crippen LogP contribution in [0.2, 0.25) is 0 Å². The van der Waals surface area contributed by atoms with Crippen molar-refractivity contribution >= 4 is 5.91 Å². The van der Waals surface area contributed by atoms with E-state index in [1.165, 1.54) is 0 Å². The lowest BCUT2D eigenvalue weighted by atomic mass is 10.1. The minimum Gasteiger partial charge on any atom is -0.384 e. The number of rotatable bonds is 4. The second kappa shape index (κ2) is 7.57. The zero-order chi connectivity index (χ0) is 14.3. The predicted octanol–water partition coefficient (Wildman–Crippen LogP) is 0.710. The molecule has 0 aromatic heterocycles. The number of carbonyl (C=O) groups is 1. The molecule has 0 bridgehead atoms. The van der Waals surface area contributed by atoms with Crippen molar-refractivity contribution in [2.24, 2.45) is 0 Å². The van der Waals surface area contributed by atoms with Gasteiger partial charge < -0.3 is 15.3 Å². The minimum atomic E-state index is -0.184. The Morgan fingerprint density at radius 3 is 2.84 bits per heavy atom. The topological polar surface area (TPSA) is 52.6 Å². The van der Waals surface area contributed by atoms with E-state index in [1.807, 2.05) is 32.0 Å². The second-order valence-electron chi connectivity index (χ2n) is 4.68. The maximum absolute atomic E-state index is 12.0. The molecule has 1 rings (SSSR count). The van der Waals surface area contributed by atoms with Crippen molar-refractivity contribution < 1.29 is 9.90 Å². The number of nitrogens with one attached hydrogen (secondary N) is 1. The molecule has 0 saturated heterocycles. The first-order valence-electron chi connectivity index (χ1n) is 6.18. The van der Waals surface area contributed by atoms with E-state index in [9.17, 15) is 4.79 Å². The van der Waals surface area contributed by atoms with Gasteiger partial charge in [-0.25, -0.2) is 0 Å². The molecule has 1 atom stereocenters. The smallest absolute Gasteiger partial charge is 0.251 e. The Labute approximate surface area is 114 Å². The summed E-state index contributed by atoms with van der Waals surface area (Å²) in [7, 11) is 3.93. The second-order valence-corrected chi connectivity index (χ2v) is 4.68. The lowest BCUT2D eigenvalue weighted by molar-refractivity contribution is 0.0934. The normalized spacial score (nSPS) is 11.6. The largest absolute Gasteiger partial charge is 0.384 e.